The molecule has 0 unspecified atom stereocenters. The van der Waals surface area contributed by atoms with E-state index in [1.165, 1.54) is 111 Å². The van der Waals surface area contributed by atoms with Crippen molar-refractivity contribution in [3.8, 4) is 5.75 Å². The number of phenolic OH excluding ortho intramolecular Hbond substituents is 1. The Morgan fingerprint density at radius 2 is 0.593 bits per heavy atom. The van der Waals surface area contributed by atoms with E-state index in [1.807, 2.05) is 69.3 Å². The molecule has 0 spiro atoms. The van der Waals surface area contributed by atoms with Crippen molar-refractivity contribution in [2.45, 2.75) is 72.6 Å². The van der Waals surface area contributed by atoms with Gasteiger partial charge in [-0.25, -0.2) is 48.9 Å². The third-order valence-corrected chi connectivity index (χ3v) is 28.0. The van der Waals surface area contributed by atoms with Crippen LogP contribution in [0.1, 0.15) is 104 Å². The van der Waals surface area contributed by atoms with Crippen molar-refractivity contribution in [1.29, 1.82) is 0 Å². The quantitative estimate of drug-likeness (QED) is 0.0736. The fourth-order valence-corrected chi connectivity index (χ4v) is 18.4. The molecule has 614 valence electrons. The first-order valence-electron chi connectivity index (χ1n) is 36.6. The van der Waals surface area contributed by atoms with Crippen LogP contribution in [-0.2, 0) is 107 Å². The number of nitrogens with zero attached hydrogens (tertiary/aromatic N) is 15. The average Bonchev–Trinajstić information content (AvgIpc) is 1.42. The third kappa shape index (κ3) is 20.0. The van der Waals surface area contributed by atoms with Gasteiger partial charge in [-0.2, -0.15) is 0 Å². The minimum atomic E-state index is -0.214. The predicted octanol–water partition coefficient (Wildman–Crippen LogP) is 14.0. The number of carbonyl (C=O) groups excluding carboxylic acids is 5. The Morgan fingerprint density at radius 3 is 0.847 bits per heavy atom. The minimum absolute atomic E-state index is 0.0152. The van der Waals surface area contributed by atoms with Crippen molar-refractivity contribution in [2.75, 3.05) is 28.8 Å². The van der Waals surface area contributed by atoms with Crippen LogP contribution in [0.2, 0.25) is 5.02 Å². The van der Waals surface area contributed by atoms with Gasteiger partial charge in [0.25, 0.3) is 0 Å². The van der Waals surface area contributed by atoms with Gasteiger partial charge in [0.2, 0.25) is 0 Å². The van der Waals surface area contributed by atoms with Gasteiger partial charge in [-0.1, -0.05) is 132 Å². The maximum absolute atomic E-state index is 12.4. The zero-order chi connectivity index (χ0) is 85.9. The summed E-state index contributed by atoms with van der Waals surface area (Å²) in [4.78, 5) is 144. The summed E-state index contributed by atoms with van der Waals surface area (Å²) in [6.07, 6.45) is 4.92. The van der Waals surface area contributed by atoms with Crippen LogP contribution in [0.5, 0.6) is 5.75 Å². The number of carbonyl (C=O) groups is 5. The molecule has 0 bridgehead atoms. The Morgan fingerprint density at radius 1 is 0.356 bits per heavy atom. The van der Waals surface area contributed by atoms with Crippen LogP contribution in [0, 0.1) is 56.8 Å². The van der Waals surface area contributed by atoms with E-state index in [2.05, 4.69) is 25.0 Å². The van der Waals surface area contributed by atoms with E-state index in [9.17, 15) is 53.1 Å². The van der Waals surface area contributed by atoms with Gasteiger partial charge in [0.1, 0.15) is 63.8 Å². The maximum atomic E-state index is 12.4. The number of phenols is 1. The molecule has 0 atom stereocenters. The molecule has 6 aliphatic rings. The Labute approximate surface area is 729 Å². The summed E-state index contributed by atoms with van der Waals surface area (Å²) >= 11 is 39.7. The molecule has 5 aromatic heterocycles. The number of hydrogen-bond donors (Lipinski definition) is 1. The monoisotopic (exact) mass is 1800 g/mol. The molecule has 4 aromatic carbocycles. The van der Waals surface area contributed by atoms with Crippen molar-refractivity contribution < 1.29 is 29.1 Å². The number of rotatable bonds is 15. The van der Waals surface area contributed by atoms with Crippen LogP contribution < -0.4 is 28.4 Å². The number of hydrogen-bond acceptors (Lipinski definition) is 26. The third-order valence-electron chi connectivity index (χ3n) is 20.1. The second-order valence-electron chi connectivity index (χ2n) is 28.5. The fourth-order valence-electron chi connectivity index (χ4n) is 12.7. The van der Waals surface area contributed by atoms with Gasteiger partial charge < -0.3 is 5.11 Å². The molecule has 0 amide bonds. The number of Topliss-reactive ketones (excluding diaryl/α,β-unsaturated/α-hetero) is 5. The molecule has 37 heteroatoms. The van der Waals surface area contributed by atoms with Crippen molar-refractivity contribution in [1.82, 2.24) is 45.7 Å². The van der Waals surface area contributed by atoms with E-state index < -0.39 is 0 Å². The number of ketones is 5. The Kier molecular flexibility index (Phi) is 29.0. The molecule has 1 saturated carbocycles. The predicted molar refractivity (Wildman–Crippen MR) is 490 cm³/mol. The number of benzene rings is 4. The summed E-state index contributed by atoms with van der Waals surface area (Å²) in [5.74, 6) is 5.53. The van der Waals surface area contributed by atoms with E-state index in [-0.39, 0.29) is 74.8 Å². The van der Waals surface area contributed by atoms with Gasteiger partial charge in [-0.3, -0.25) is 69.6 Å². The SMILES string of the molecule is Cc1cc(C(=O)CSC2=Nc3c(c(=S)n(C)c(=O)n3C)C2)ccc1Cl.Cc1cc(C(=O)CSC2=Nc3c(c(=S)n(C)c(=O)n3C)C2)ccc1O.Cc1ccc(C(=O)CSC2=Nc3c(c(=S)n(C)c(=O)n3C)C2)cc1.Cc1ccc(C(=O)CSC2=Nc3c(c(=S)n(C)c(=O)n3C)C2)cc1.Cn1c2c(c(=S)n(C)c1=O)CC(SCC(=O)C1CC1)=N2. The van der Waals surface area contributed by atoms with Gasteiger partial charge in [0.15, 0.2) is 23.1 Å². The summed E-state index contributed by atoms with van der Waals surface area (Å²) in [5.41, 5.74) is 9.78. The molecule has 15 rings (SSSR count). The molecule has 10 heterocycles. The zero-order valence-electron chi connectivity index (χ0n) is 66.8. The van der Waals surface area contributed by atoms with Crippen molar-refractivity contribution in [2.24, 2.45) is 101 Å². The number of aromatic nitrogens is 10. The lowest BCUT2D eigenvalue weighted by Crippen LogP contribution is -2.28. The van der Waals surface area contributed by atoms with E-state index in [1.54, 1.807) is 108 Å². The molecule has 9 aromatic rings. The fraction of sp³-hybridized carbons (Fsp3) is 0.333. The van der Waals surface area contributed by atoms with E-state index in [0.717, 1.165) is 82.6 Å². The molecule has 118 heavy (non-hydrogen) atoms. The molecule has 1 N–H and O–H groups in total. The molecule has 1 aliphatic carbocycles. The van der Waals surface area contributed by atoms with Crippen molar-refractivity contribution in [3.63, 3.8) is 0 Å². The highest BCUT2D eigenvalue weighted by Gasteiger charge is 2.32. The Hall–Kier alpha value is -9.08. The Balaban J connectivity index is 0.000000145. The summed E-state index contributed by atoms with van der Waals surface area (Å²) in [5, 5.41) is 14.3. The molecule has 0 radical (unpaired) electrons. The molecule has 0 saturated heterocycles. The van der Waals surface area contributed by atoms with Crippen LogP contribution in [0.4, 0.5) is 29.1 Å². The lowest BCUT2D eigenvalue weighted by molar-refractivity contribution is -0.117. The lowest BCUT2D eigenvalue weighted by Gasteiger charge is -2.07. The van der Waals surface area contributed by atoms with Crippen molar-refractivity contribution in [3.05, 3.63) is 238 Å². The van der Waals surface area contributed by atoms with Gasteiger partial charge in [0.05, 0.1) is 54.0 Å². The number of fused-ring (bicyclic) bond motifs is 5. The highest BCUT2D eigenvalue weighted by atomic mass is 35.5. The first kappa shape index (κ1) is 89.7. The van der Waals surface area contributed by atoms with Crippen molar-refractivity contribution >= 4 is 215 Å². The molecular formula is C81H82ClN15O11S10. The first-order chi connectivity index (χ1) is 55.8. The topological polar surface area (TPSA) is 302 Å². The maximum Gasteiger partial charge on any atom is 0.330 e. The minimum Gasteiger partial charge on any atom is -0.508 e. The van der Waals surface area contributed by atoms with Gasteiger partial charge in [-0.15, -0.1) is 58.8 Å². The van der Waals surface area contributed by atoms with E-state index in [4.69, 9.17) is 72.7 Å². The smallest absolute Gasteiger partial charge is 0.330 e. The highest BCUT2D eigenvalue weighted by molar-refractivity contribution is 8.15. The van der Waals surface area contributed by atoms with E-state index in [0.29, 0.717) is 140 Å². The standard InChI is InChI=1S/C17H16ClN3O2S2.C17H17N3O3S2.2C17H17N3O2S2.C13H15N3O2S2/c1-9-6-10(4-5-12(9)18)13(22)8-25-14-7-11-15(19-14)20(2)17(23)21(3)16(11)24;1-9-6-10(4-5-12(9)21)13(22)8-25-14-7-11-15(18-14)19(2)17(23)20(3)16(11)24;2*1-10-4-6-11(7-5-10)13(21)9-24-14-8-12-15(18-14)19(2)17(22)20(3)16(12)23;1-15-11-8(12(19)16(2)13(15)18)5-10(14-11)20-6-9(17)7-3-4-7/h4-6H,7-8H2,1-3H3;4-6,21H,7-8H2,1-3H3;2*4-7H,8-9H2,1-3H3;7H,3-6H2,1-2H3. The summed E-state index contributed by atoms with van der Waals surface area (Å²) in [7, 11) is 16.7. The number of aromatic hydroxyl groups is 1. The van der Waals surface area contributed by atoms with Crippen LogP contribution in [-0.4, -0.2) is 134 Å². The molecule has 26 nitrogen and oxygen atoms in total. The first-order valence-corrected chi connectivity index (χ1v) is 44.0. The molecule has 1 fully saturated rings. The number of aryl methyl sites for hydroxylation is 4. The van der Waals surface area contributed by atoms with Crippen LogP contribution in [0.25, 0.3) is 0 Å². The number of thioether (sulfide) groups is 5. The summed E-state index contributed by atoms with van der Waals surface area (Å²) in [6.45, 7) is 7.60. The average molecular weight is 1800 g/mol. The Bertz CT molecular complexity index is 6240. The van der Waals surface area contributed by atoms with Crippen LogP contribution in [0.15, 0.2) is 134 Å². The molecular weight excluding hydrogens is 1720 g/mol. The largest absolute Gasteiger partial charge is 0.508 e. The van der Waals surface area contributed by atoms with Gasteiger partial charge in [-0.05, 0) is 88.1 Å². The van der Waals surface area contributed by atoms with Gasteiger partial charge in [0, 0.05) is 164 Å². The van der Waals surface area contributed by atoms with Gasteiger partial charge >= 0.3 is 28.4 Å². The van der Waals surface area contributed by atoms with E-state index >= 15 is 0 Å². The van der Waals surface area contributed by atoms with Crippen LogP contribution >= 0.6 is 131 Å². The van der Waals surface area contributed by atoms with Crippen LogP contribution in [0.3, 0.4) is 0 Å². The second-order valence-corrected chi connectivity index (χ2v) is 36.1. The molecule has 5 aliphatic heterocycles. The highest BCUT2D eigenvalue weighted by Crippen LogP contribution is 2.37. The second kappa shape index (κ2) is 38.1. The number of halogens is 1. The number of aliphatic imine (C=N–C) groups is 5. The lowest BCUT2D eigenvalue weighted by atomic mass is 10.1. The summed E-state index contributed by atoms with van der Waals surface area (Å²) in [6, 6.07) is 25.2. The summed E-state index contributed by atoms with van der Waals surface area (Å²) < 4.78 is 17.3. The zero-order valence-corrected chi connectivity index (χ0v) is 75.8. The normalized spacial score (nSPS) is 13.6.